The van der Waals surface area contributed by atoms with Crippen LogP contribution in [-0.2, 0) is 4.74 Å². The van der Waals surface area contributed by atoms with Gasteiger partial charge in [-0.2, -0.15) is 0 Å². The van der Waals surface area contributed by atoms with Crippen molar-refractivity contribution in [1.29, 1.82) is 0 Å². The average Bonchev–Trinajstić information content (AvgIpc) is 3.18. The first-order valence-corrected chi connectivity index (χ1v) is 8.41. The SMILES string of the molecule is COC(=O)c1nc(Cl)c2c(n1)[nH]c1cc(-c3c(C)noc3C)c(OC)cc12. The summed E-state index contributed by atoms with van der Waals surface area (Å²) in [5.41, 5.74) is 3.64. The van der Waals surface area contributed by atoms with Gasteiger partial charge >= 0.3 is 5.97 Å². The number of carbonyl (C=O) groups is 1. The average molecular weight is 387 g/mol. The molecule has 1 aromatic carbocycles. The molecule has 1 N–H and O–H groups in total. The van der Waals surface area contributed by atoms with E-state index in [4.69, 9.17) is 20.9 Å². The topological polar surface area (TPSA) is 103 Å². The van der Waals surface area contributed by atoms with Gasteiger partial charge in [0.2, 0.25) is 5.82 Å². The molecule has 0 aliphatic carbocycles. The van der Waals surface area contributed by atoms with E-state index in [1.807, 2.05) is 26.0 Å². The van der Waals surface area contributed by atoms with Crippen molar-refractivity contribution in [3.63, 3.8) is 0 Å². The number of aromatic nitrogens is 4. The zero-order chi connectivity index (χ0) is 19.3. The number of hydrogen-bond donors (Lipinski definition) is 1. The fourth-order valence-electron chi connectivity index (χ4n) is 3.19. The van der Waals surface area contributed by atoms with Gasteiger partial charge in [0.05, 0.1) is 30.9 Å². The van der Waals surface area contributed by atoms with Gasteiger partial charge in [0.1, 0.15) is 22.3 Å². The standard InChI is InChI=1S/C18H15ClN4O4/c1-7-13(8(2)27-23-7)10-5-11-9(6-12(10)25-3)14-15(19)21-17(18(24)26-4)22-16(14)20-11/h5-6H,1-4H3,(H,20,21,22). The Morgan fingerprint density at radius 2 is 2.00 bits per heavy atom. The molecule has 0 fully saturated rings. The zero-order valence-corrected chi connectivity index (χ0v) is 15.8. The van der Waals surface area contributed by atoms with E-state index in [-0.39, 0.29) is 11.0 Å². The first-order chi connectivity index (χ1) is 12.9. The van der Waals surface area contributed by atoms with Crippen LogP contribution >= 0.6 is 11.6 Å². The molecule has 0 saturated heterocycles. The lowest BCUT2D eigenvalue weighted by Gasteiger charge is -2.09. The molecule has 0 saturated carbocycles. The molecule has 0 aliphatic heterocycles. The summed E-state index contributed by atoms with van der Waals surface area (Å²) < 4.78 is 15.5. The van der Waals surface area contributed by atoms with Gasteiger partial charge in [0.15, 0.2) is 0 Å². The van der Waals surface area contributed by atoms with Gasteiger partial charge in [-0.1, -0.05) is 16.8 Å². The fraction of sp³-hybridized carbons (Fsp3) is 0.222. The lowest BCUT2D eigenvalue weighted by atomic mass is 10.0. The van der Waals surface area contributed by atoms with Crippen LogP contribution in [0, 0.1) is 13.8 Å². The van der Waals surface area contributed by atoms with Gasteiger partial charge < -0.3 is 19.0 Å². The van der Waals surface area contributed by atoms with Gasteiger partial charge in [0.25, 0.3) is 0 Å². The van der Waals surface area contributed by atoms with E-state index in [9.17, 15) is 4.79 Å². The van der Waals surface area contributed by atoms with Crippen LogP contribution in [0.3, 0.4) is 0 Å². The Hall–Kier alpha value is -3.13. The maximum absolute atomic E-state index is 11.8. The number of carbonyl (C=O) groups excluding carboxylic acids is 1. The first-order valence-electron chi connectivity index (χ1n) is 8.03. The Morgan fingerprint density at radius 3 is 2.63 bits per heavy atom. The number of H-pyrrole nitrogens is 1. The molecule has 8 nitrogen and oxygen atoms in total. The summed E-state index contributed by atoms with van der Waals surface area (Å²) in [6.07, 6.45) is 0. The maximum Gasteiger partial charge on any atom is 0.376 e. The Morgan fingerprint density at radius 1 is 1.22 bits per heavy atom. The minimum Gasteiger partial charge on any atom is -0.496 e. The lowest BCUT2D eigenvalue weighted by molar-refractivity contribution is 0.0587. The number of halogens is 1. The van der Waals surface area contributed by atoms with E-state index >= 15 is 0 Å². The number of benzene rings is 1. The number of ether oxygens (including phenoxy) is 2. The van der Waals surface area contributed by atoms with E-state index in [1.54, 1.807) is 7.11 Å². The Kier molecular flexibility index (Phi) is 4.00. The highest BCUT2D eigenvalue weighted by atomic mass is 35.5. The van der Waals surface area contributed by atoms with Crippen LogP contribution in [0.2, 0.25) is 5.15 Å². The highest BCUT2D eigenvalue weighted by molar-refractivity contribution is 6.36. The summed E-state index contributed by atoms with van der Waals surface area (Å²) in [4.78, 5) is 23.2. The monoisotopic (exact) mass is 386 g/mol. The number of methoxy groups -OCH3 is 2. The maximum atomic E-state index is 11.8. The Bertz CT molecular complexity index is 1190. The minimum absolute atomic E-state index is 0.112. The van der Waals surface area contributed by atoms with Crippen molar-refractivity contribution in [2.24, 2.45) is 0 Å². The predicted octanol–water partition coefficient (Wildman–Crippen LogP) is 3.83. The van der Waals surface area contributed by atoms with Crippen molar-refractivity contribution in [3.8, 4) is 16.9 Å². The van der Waals surface area contributed by atoms with E-state index in [2.05, 4.69) is 24.8 Å². The van der Waals surface area contributed by atoms with Crippen molar-refractivity contribution >= 4 is 39.5 Å². The molecule has 27 heavy (non-hydrogen) atoms. The predicted molar refractivity (Wildman–Crippen MR) is 99.3 cm³/mol. The second-order valence-electron chi connectivity index (χ2n) is 5.98. The van der Waals surface area contributed by atoms with E-state index in [0.29, 0.717) is 22.5 Å². The summed E-state index contributed by atoms with van der Waals surface area (Å²) in [6, 6.07) is 3.76. The van der Waals surface area contributed by atoms with Gasteiger partial charge in [-0.15, -0.1) is 0 Å². The lowest BCUT2D eigenvalue weighted by Crippen LogP contribution is -2.07. The summed E-state index contributed by atoms with van der Waals surface area (Å²) in [7, 11) is 2.85. The molecule has 4 aromatic rings. The van der Waals surface area contributed by atoms with Crippen molar-refractivity contribution in [1.82, 2.24) is 20.1 Å². The number of fused-ring (bicyclic) bond motifs is 3. The second-order valence-corrected chi connectivity index (χ2v) is 6.33. The second kappa shape index (κ2) is 6.24. The molecular formula is C18H15ClN4O4. The zero-order valence-electron chi connectivity index (χ0n) is 15.0. The highest BCUT2D eigenvalue weighted by Gasteiger charge is 2.21. The summed E-state index contributed by atoms with van der Waals surface area (Å²) in [5, 5.41) is 5.54. The van der Waals surface area contributed by atoms with Crippen molar-refractivity contribution in [2.45, 2.75) is 13.8 Å². The molecule has 138 valence electrons. The van der Waals surface area contributed by atoms with Crippen LogP contribution in [0.15, 0.2) is 16.7 Å². The van der Waals surface area contributed by atoms with Crippen molar-refractivity contribution < 1.29 is 18.8 Å². The van der Waals surface area contributed by atoms with Crippen LogP contribution < -0.4 is 4.74 Å². The molecule has 0 bridgehead atoms. The molecule has 4 rings (SSSR count). The molecular weight excluding hydrogens is 372 g/mol. The fourth-order valence-corrected chi connectivity index (χ4v) is 3.47. The molecule has 0 unspecified atom stereocenters. The number of esters is 1. The molecule has 9 heteroatoms. The third-order valence-corrected chi connectivity index (χ3v) is 4.67. The summed E-state index contributed by atoms with van der Waals surface area (Å²) in [6.45, 7) is 3.71. The smallest absolute Gasteiger partial charge is 0.376 e. The van der Waals surface area contributed by atoms with Crippen molar-refractivity contribution in [2.75, 3.05) is 14.2 Å². The third-order valence-electron chi connectivity index (χ3n) is 4.40. The van der Waals surface area contributed by atoms with Gasteiger partial charge in [0, 0.05) is 16.5 Å². The van der Waals surface area contributed by atoms with Gasteiger partial charge in [-0.05, 0) is 26.0 Å². The van der Waals surface area contributed by atoms with Crippen LogP contribution in [0.25, 0.3) is 33.1 Å². The number of aromatic amines is 1. The van der Waals surface area contributed by atoms with Crippen LogP contribution in [0.1, 0.15) is 22.1 Å². The molecule has 0 spiro atoms. The van der Waals surface area contributed by atoms with Gasteiger partial charge in [-0.25, -0.2) is 14.8 Å². The number of rotatable bonds is 3. The summed E-state index contributed by atoms with van der Waals surface area (Å²) in [5.74, 6) is 0.545. The number of nitrogens with one attached hydrogen (secondary N) is 1. The molecule has 0 atom stereocenters. The molecule has 0 amide bonds. The minimum atomic E-state index is -0.661. The third kappa shape index (κ3) is 2.60. The quantitative estimate of drug-likeness (QED) is 0.421. The van der Waals surface area contributed by atoms with E-state index in [1.165, 1.54) is 7.11 Å². The number of aryl methyl sites for hydroxylation is 2. The Labute approximate surface area is 158 Å². The normalized spacial score (nSPS) is 11.3. The van der Waals surface area contributed by atoms with Crippen LogP contribution in [-0.4, -0.2) is 40.3 Å². The van der Waals surface area contributed by atoms with Crippen LogP contribution in [0.5, 0.6) is 5.75 Å². The number of nitrogens with zero attached hydrogens (tertiary/aromatic N) is 3. The van der Waals surface area contributed by atoms with Gasteiger partial charge in [-0.3, -0.25) is 0 Å². The Balaban J connectivity index is 2.04. The molecule has 0 aliphatic rings. The molecule has 0 radical (unpaired) electrons. The van der Waals surface area contributed by atoms with E-state index in [0.717, 1.165) is 27.7 Å². The van der Waals surface area contributed by atoms with Crippen molar-refractivity contribution in [3.05, 3.63) is 34.6 Å². The van der Waals surface area contributed by atoms with E-state index < -0.39 is 5.97 Å². The molecule has 3 heterocycles. The summed E-state index contributed by atoms with van der Waals surface area (Å²) >= 11 is 6.32. The van der Waals surface area contributed by atoms with Crippen LogP contribution in [0.4, 0.5) is 0 Å². The largest absolute Gasteiger partial charge is 0.496 e. The molecule has 3 aromatic heterocycles. The highest BCUT2D eigenvalue weighted by Crippen LogP contribution is 2.40. The number of hydrogen-bond acceptors (Lipinski definition) is 7. The first kappa shape index (κ1) is 17.3.